The molecule has 166 valence electrons. The summed E-state index contributed by atoms with van der Waals surface area (Å²) in [5, 5.41) is 3.44. The third-order valence-corrected chi connectivity index (χ3v) is 5.92. The maximum absolute atomic E-state index is 14.3. The molecular formula is C24H28ClFN2O3. The minimum absolute atomic E-state index is 0.0311. The number of carbonyl (C=O) groups is 2. The molecule has 0 saturated heterocycles. The minimum atomic E-state index is -0.774. The van der Waals surface area contributed by atoms with E-state index in [0.29, 0.717) is 16.3 Å². The first kappa shape index (κ1) is 23.1. The second-order valence-electron chi connectivity index (χ2n) is 7.85. The summed E-state index contributed by atoms with van der Waals surface area (Å²) >= 11 is 6.10. The first-order valence-electron chi connectivity index (χ1n) is 10.7. The Morgan fingerprint density at radius 1 is 1.13 bits per heavy atom. The molecule has 0 unspecified atom stereocenters. The van der Waals surface area contributed by atoms with Gasteiger partial charge in [-0.25, -0.2) is 4.39 Å². The van der Waals surface area contributed by atoms with Gasteiger partial charge in [-0.1, -0.05) is 61.2 Å². The van der Waals surface area contributed by atoms with Crippen molar-refractivity contribution >= 4 is 23.4 Å². The van der Waals surface area contributed by atoms with E-state index in [0.717, 1.165) is 25.7 Å². The number of para-hydroxylation sites is 1. The first-order chi connectivity index (χ1) is 15.0. The average Bonchev–Trinajstić information content (AvgIpc) is 2.78. The van der Waals surface area contributed by atoms with Crippen LogP contribution in [0.1, 0.15) is 44.6 Å². The molecular weight excluding hydrogens is 419 g/mol. The molecule has 7 heteroatoms. The third-order valence-electron chi connectivity index (χ3n) is 5.61. The van der Waals surface area contributed by atoms with Gasteiger partial charge in [0.1, 0.15) is 17.6 Å². The largest absolute Gasteiger partial charge is 0.482 e. The van der Waals surface area contributed by atoms with Gasteiger partial charge in [-0.05, 0) is 38.0 Å². The molecule has 2 aromatic rings. The van der Waals surface area contributed by atoms with Gasteiger partial charge < -0.3 is 15.0 Å². The average molecular weight is 447 g/mol. The van der Waals surface area contributed by atoms with Crippen molar-refractivity contribution in [2.75, 3.05) is 6.61 Å². The zero-order chi connectivity index (χ0) is 22.2. The van der Waals surface area contributed by atoms with Gasteiger partial charge >= 0.3 is 0 Å². The highest BCUT2D eigenvalue weighted by Crippen LogP contribution is 2.23. The highest BCUT2D eigenvalue weighted by molar-refractivity contribution is 6.32. The molecule has 0 aromatic heterocycles. The lowest BCUT2D eigenvalue weighted by atomic mass is 9.95. The number of hydrogen-bond acceptors (Lipinski definition) is 3. The highest BCUT2D eigenvalue weighted by atomic mass is 35.5. The van der Waals surface area contributed by atoms with Crippen molar-refractivity contribution in [2.24, 2.45) is 0 Å². The number of rotatable bonds is 8. The van der Waals surface area contributed by atoms with Gasteiger partial charge in [0, 0.05) is 18.2 Å². The van der Waals surface area contributed by atoms with E-state index in [-0.39, 0.29) is 25.1 Å². The standard InChI is InChI=1S/C24H28ClFN2O3/c1-17(24(30)27-19-10-3-2-4-11-19)28(15-18-9-5-7-13-21(18)26)23(29)16-31-22-14-8-6-12-20(22)25/h5-9,12-14,17,19H,2-4,10-11,15-16H2,1H3,(H,27,30)/t17-/m0/s1. The van der Waals surface area contributed by atoms with E-state index in [1.165, 1.54) is 17.4 Å². The molecule has 0 heterocycles. The molecule has 5 nitrogen and oxygen atoms in total. The van der Waals surface area contributed by atoms with Crippen LogP contribution in [-0.2, 0) is 16.1 Å². The van der Waals surface area contributed by atoms with E-state index < -0.39 is 17.8 Å². The third kappa shape index (κ3) is 6.44. The Morgan fingerprint density at radius 3 is 2.52 bits per heavy atom. The molecule has 1 fully saturated rings. The van der Waals surface area contributed by atoms with Crippen molar-refractivity contribution in [1.29, 1.82) is 0 Å². The lowest BCUT2D eigenvalue weighted by Gasteiger charge is -2.31. The Kier molecular flexibility index (Phi) is 8.29. The van der Waals surface area contributed by atoms with Gasteiger partial charge in [0.25, 0.3) is 5.91 Å². The molecule has 0 aliphatic heterocycles. The Bertz CT molecular complexity index is 902. The van der Waals surface area contributed by atoms with Gasteiger partial charge in [-0.2, -0.15) is 0 Å². The fourth-order valence-corrected chi connectivity index (χ4v) is 3.94. The van der Waals surface area contributed by atoms with Crippen LogP contribution in [0.25, 0.3) is 0 Å². The van der Waals surface area contributed by atoms with Crippen LogP contribution >= 0.6 is 11.6 Å². The summed E-state index contributed by atoms with van der Waals surface area (Å²) in [6.07, 6.45) is 5.23. The molecule has 1 N–H and O–H groups in total. The number of nitrogens with one attached hydrogen (secondary N) is 1. The quantitative estimate of drug-likeness (QED) is 0.638. The number of benzene rings is 2. The Hall–Kier alpha value is -2.60. The van der Waals surface area contributed by atoms with Gasteiger partial charge in [0.2, 0.25) is 5.91 Å². The van der Waals surface area contributed by atoms with Crippen molar-refractivity contribution in [1.82, 2.24) is 10.2 Å². The van der Waals surface area contributed by atoms with E-state index in [1.54, 1.807) is 49.4 Å². The summed E-state index contributed by atoms with van der Waals surface area (Å²) < 4.78 is 19.8. The molecule has 3 rings (SSSR count). The normalized spacial score (nSPS) is 15.2. The highest BCUT2D eigenvalue weighted by Gasteiger charge is 2.29. The van der Waals surface area contributed by atoms with Crippen molar-refractivity contribution in [2.45, 2.75) is 57.7 Å². The summed E-state index contributed by atoms with van der Waals surface area (Å²) in [7, 11) is 0. The van der Waals surface area contributed by atoms with Crippen molar-refractivity contribution in [3.05, 3.63) is 64.9 Å². The van der Waals surface area contributed by atoms with Crippen LogP contribution in [0.2, 0.25) is 5.02 Å². The van der Waals surface area contributed by atoms with Crippen LogP contribution in [0.15, 0.2) is 48.5 Å². The smallest absolute Gasteiger partial charge is 0.261 e. The summed E-state index contributed by atoms with van der Waals surface area (Å²) in [6.45, 7) is 1.32. The van der Waals surface area contributed by atoms with Crippen LogP contribution in [0.5, 0.6) is 5.75 Å². The number of halogens is 2. The first-order valence-corrected chi connectivity index (χ1v) is 11.0. The van der Waals surface area contributed by atoms with Crippen molar-refractivity contribution in [3.63, 3.8) is 0 Å². The molecule has 1 saturated carbocycles. The maximum Gasteiger partial charge on any atom is 0.261 e. The predicted molar refractivity (Wildman–Crippen MR) is 118 cm³/mol. The zero-order valence-electron chi connectivity index (χ0n) is 17.7. The zero-order valence-corrected chi connectivity index (χ0v) is 18.4. The summed E-state index contributed by atoms with van der Waals surface area (Å²) in [6, 6.07) is 12.4. The number of ether oxygens (including phenoxy) is 1. The second-order valence-corrected chi connectivity index (χ2v) is 8.26. The molecule has 0 radical (unpaired) electrons. The van der Waals surface area contributed by atoms with Gasteiger partial charge in [0.15, 0.2) is 6.61 Å². The maximum atomic E-state index is 14.3. The number of carbonyl (C=O) groups excluding carboxylic acids is 2. The van der Waals surface area contributed by atoms with Crippen LogP contribution in [0.4, 0.5) is 4.39 Å². The Labute approximate surface area is 187 Å². The predicted octanol–water partition coefficient (Wildman–Crippen LogP) is 4.72. The number of nitrogens with zero attached hydrogens (tertiary/aromatic N) is 1. The van der Waals surface area contributed by atoms with Gasteiger partial charge in [0.05, 0.1) is 5.02 Å². The Balaban J connectivity index is 1.72. The van der Waals surface area contributed by atoms with Crippen molar-refractivity contribution < 1.29 is 18.7 Å². The Morgan fingerprint density at radius 2 is 1.81 bits per heavy atom. The summed E-state index contributed by atoms with van der Waals surface area (Å²) in [5.74, 6) is -0.710. The van der Waals surface area contributed by atoms with E-state index in [4.69, 9.17) is 16.3 Å². The molecule has 1 aliphatic rings. The second kappa shape index (κ2) is 11.1. The number of hydrogen-bond donors (Lipinski definition) is 1. The van der Waals surface area contributed by atoms with Crippen molar-refractivity contribution in [3.8, 4) is 5.75 Å². The van der Waals surface area contributed by atoms with Crippen LogP contribution in [0.3, 0.4) is 0 Å². The molecule has 0 spiro atoms. The SMILES string of the molecule is C[C@@H](C(=O)NC1CCCCC1)N(Cc1ccccc1F)C(=O)COc1ccccc1Cl. The molecule has 1 atom stereocenters. The van der Waals surface area contributed by atoms with Gasteiger partial charge in [-0.15, -0.1) is 0 Å². The summed E-state index contributed by atoms with van der Waals surface area (Å²) in [4.78, 5) is 27.3. The minimum Gasteiger partial charge on any atom is -0.482 e. The van der Waals surface area contributed by atoms with Gasteiger partial charge in [-0.3, -0.25) is 9.59 Å². The van der Waals surface area contributed by atoms with Crippen LogP contribution < -0.4 is 10.1 Å². The van der Waals surface area contributed by atoms with E-state index in [1.807, 2.05) is 0 Å². The topological polar surface area (TPSA) is 58.6 Å². The van der Waals surface area contributed by atoms with E-state index >= 15 is 0 Å². The molecule has 0 bridgehead atoms. The number of amides is 2. The molecule has 31 heavy (non-hydrogen) atoms. The molecule has 2 aromatic carbocycles. The van der Waals surface area contributed by atoms with E-state index in [2.05, 4.69) is 5.32 Å². The summed E-state index contributed by atoms with van der Waals surface area (Å²) in [5.41, 5.74) is 0.339. The lowest BCUT2D eigenvalue weighted by Crippen LogP contribution is -2.51. The van der Waals surface area contributed by atoms with Crippen LogP contribution in [0, 0.1) is 5.82 Å². The fraction of sp³-hybridized carbons (Fsp3) is 0.417. The molecule has 2 amide bonds. The fourth-order valence-electron chi connectivity index (χ4n) is 3.75. The lowest BCUT2D eigenvalue weighted by molar-refractivity contribution is -0.142. The van der Waals surface area contributed by atoms with Crippen LogP contribution in [-0.4, -0.2) is 35.4 Å². The van der Waals surface area contributed by atoms with E-state index in [9.17, 15) is 14.0 Å². The molecule has 1 aliphatic carbocycles. The monoisotopic (exact) mass is 446 g/mol.